The Morgan fingerprint density at radius 3 is 2.88 bits per heavy atom. The molecule has 0 aliphatic heterocycles. The molecule has 0 radical (unpaired) electrons. The number of aromatic nitrogens is 4. The Kier molecular flexibility index (Phi) is 5.07. The monoisotopic (exact) mass is 361 g/mol. The minimum Gasteiger partial charge on any atom is -0.411 e. The molecule has 0 saturated heterocycles. The first-order valence-corrected chi connectivity index (χ1v) is 8.20. The second kappa shape index (κ2) is 7.41. The first-order valence-electron chi connectivity index (χ1n) is 6.95. The van der Waals surface area contributed by atoms with Gasteiger partial charge in [-0.2, -0.15) is 0 Å². The molecule has 0 aliphatic carbocycles. The van der Waals surface area contributed by atoms with Crippen molar-refractivity contribution in [1.82, 2.24) is 20.2 Å². The van der Waals surface area contributed by atoms with Crippen LogP contribution in [0, 0.1) is 0 Å². The van der Waals surface area contributed by atoms with Crippen molar-refractivity contribution >= 4 is 35.1 Å². The normalized spacial score (nSPS) is 11.9. The zero-order valence-corrected chi connectivity index (χ0v) is 14.1. The molecule has 1 amide bonds. The van der Waals surface area contributed by atoms with E-state index < -0.39 is 5.25 Å². The molecule has 1 N–H and O–H groups in total. The Hall–Kier alpha value is -2.45. The molecule has 3 heterocycles. The van der Waals surface area contributed by atoms with Crippen LogP contribution >= 0.6 is 23.4 Å². The molecular formula is C15H12ClN5O2S. The number of hydrogen-bond donors (Lipinski definition) is 1. The van der Waals surface area contributed by atoms with Gasteiger partial charge in [-0.3, -0.25) is 9.78 Å². The molecule has 0 aromatic carbocycles. The van der Waals surface area contributed by atoms with E-state index >= 15 is 0 Å². The molecule has 9 heteroatoms. The first kappa shape index (κ1) is 16.4. The largest absolute Gasteiger partial charge is 0.411 e. The average molecular weight is 362 g/mol. The molecule has 122 valence electrons. The maximum Gasteiger partial charge on any atom is 0.277 e. The van der Waals surface area contributed by atoms with Crippen LogP contribution in [0.15, 0.2) is 52.5 Å². The van der Waals surface area contributed by atoms with Crippen molar-refractivity contribution < 1.29 is 9.21 Å². The third-order valence-electron chi connectivity index (χ3n) is 2.94. The SMILES string of the molecule is CC(Sc1nnc(-c2cccnc2)o1)C(=O)Nc1ccc(Cl)cn1. The quantitative estimate of drug-likeness (QED) is 0.696. The smallest absolute Gasteiger partial charge is 0.277 e. The second-order valence-corrected chi connectivity index (χ2v) is 6.45. The lowest BCUT2D eigenvalue weighted by atomic mass is 10.3. The highest BCUT2D eigenvalue weighted by Crippen LogP contribution is 2.26. The van der Waals surface area contributed by atoms with Crippen LogP contribution in [0.3, 0.4) is 0 Å². The zero-order chi connectivity index (χ0) is 16.9. The van der Waals surface area contributed by atoms with Gasteiger partial charge in [-0.05, 0) is 31.2 Å². The van der Waals surface area contributed by atoms with Crippen molar-refractivity contribution in [2.75, 3.05) is 5.32 Å². The highest BCUT2D eigenvalue weighted by atomic mass is 35.5. The van der Waals surface area contributed by atoms with E-state index in [2.05, 4.69) is 25.5 Å². The van der Waals surface area contributed by atoms with Gasteiger partial charge in [0.05, 0.1) is 15.8 Å². The van der Waals surface area contributed by atoms with E-state index in [1.165, 1.54) is 6.20 Å². The molecule has 0 fully saturated rings. The number of carbonyl (C=O) groups is 1. The van der Waals surface area contributed by atoms with Gasteiger partial charge in [0.1, 0.15) is 5.82 Å². The summed E-state index contributed by atoms with van der Waals surface area (Å²) >= 11 is 6.92. The second-order valence-electron chi connectivity index (χ2n) is 4.73. The van der Waals surface area contributed by atoms with E-state index in [0.717, 1.165) is 17.3 Å². The predicted molar refractivity (Wildman–Crippen MR) is 90.7 cm³/mol. The number of nitrogens with one attached hydrogen (secondary N) is 1. The highest BCUT2D eigenvalue weighted by molar-refractivity contribution is 8.00. The average Bonchev–Trinajstić information content (AvgIpc) is 3.06. The lowest BCUT2D eigenvalue weighted by Gasteiger charge is -2.09. The molecule has 0 aliphatic rings. The summed E-state index contributed by atoms with van der Waals surface area (Å²) in [7, 11) is 0. The summed E-state index contributed by atoms with van der Waals surface area (Å²) in [6, 6.07) is 6.88. The maximum absolute atomic E-state index is 12.2. The fourth-order valence-electron chi connectivity index (χ4n) is 1.75. The van der Waals surface area contributed by atoms with E-state index in [-0.39, 0.29) is 5.91 Å². The van der Waals surface area contributed by atoms with Gasteiger partial charge < -0.3 is 9.73 Å². The minimum absolute atomic E-state index is 0.226. The molecule has 3 aromatic rings. The molecule has 1 unspecified atom stereocenters. The predicted octanol–water partition coefficient (Wildman–Crippen LogP) is 3.30. The van der Waals surface area contributed by atoms with Crippen LogP contribution in [-0.2, 0) is 4.79 Å². The molecule has 1 atom stereocenters. The lowest BCUT2D eigenvalue weighted by molar-refractivity contribution is -0.115. The van der Waals surface area contributed by atoms with E-state index in [1.54, 1.807) is 37.5 Å². The van der Waals surface area contributed by atoms with E-state index in [4.69, 9.17) is 16.0 Å². The van der Waals surface area contributed by atoms with Crippen LogP contribution in [-0.4, -0.2) is 31.3 Å². The summed E-state index contributed by atoms with van der Waals surface area (Å²) < 4.78 is 5.54. The van der Waals surface area contributed by atoms with E-state index in [1.807, 2.05) is 6.07 Å². The van der Waals surface area contributed by atoms with E-state index in [9.17, 15) is 4.79 Å². The number of thioether (sulfide) groups is 1. The van der Waals surface area contributed by atoms with Crippen LogP contribution in [0.1, 0.15) is 6.92 Å². The van der Waals surface area contributed by atoms with Crippen molar-refractivity contribution in [3.63, 3.8) is 0 Å². The standard InChI is InChI=1S/C15H12ClN5O2S/c1-9(13(22)19-12-5-4-11(16)8-18-12)24-15-21-20-14(23-15)10-3-2-6-17-7-10/h2-9H,1H3,(H,18,19,22). The number of nitrogens with zero attached hydrogens (tertiary/aromatic N) is 4. The van der Waals surface area contributed by atoms with Crippen molar-refractivity contribution in [2.45, 2.75) is 17.4 Å². The summed E-state index contributed by atoms with van der Waals surface area (Å²) in [5.74, 6) is 0.562. The zero-order valence-electron chi connectivity index (χ0n) is 12.5. The number of pyridine rings is 2. The van der Waals surface area contributed by atoms with E-state index in [0.29, 0.717) is 22.0 Å². The number of halogens is 1. The van der Waals surface area contributed by atoms with Crippen molar-refractivity contribution in [2.24, 2.45) is 0 Å². The highest BCUT2D eigenvalue weighted by Gasteiger charge is 2.19. The van der Waals surface area contributed by atoms with Crippen LogP contribution in [0.5, 0.6) is 0 Å². The van der Waals surface area contributed by atoms with Gasteiger partial charge in [-0.25, -0.2) is 4.98 Å². The Bertz CT molecular complexity index is 825. The van der Waals surface area contributed by atoms with Gasteiger partial charge >= 0.3 is 0 Å². The summed E-state index contributed by atoms with van der Waals surface area (Å²) in [6.07, 6.45) is 4.75. The molecule has 0 spiro atoms. The van der Waals surface area contributed by atoms with Gasteiger partial charge in [0.25, 0.3) is 5.22 Å². The molecule has 0 saturated carbocycles. The molecule has 3 aromatic heterocycles. The summed E-state index contributed by atoms with van der Waals surface area (Å²) in [6.45, 7) is 1.74. The summed E-state index contributed by atoms with van der Waals surface area (Å²) in [4.78, 5) is 20.2. The van der Waals surface area contributed by atoms with Gasteiger partial charge in [0.15, 0.2) is 0 Å². The Labute approximate surface area is 146 Å². The topological polar surface area (TPSA) is 93.8 Å². The number of carbonyl (C=O) groups excluding carboxylic acids is 1. The number of amides is 1. The molecule has 24 heavy (non-hydrogen) atoms. The fourth-order valence-corrected chi connectivity index (χ4v) is 2.54. The lowest BCUT2D eigenvalue weighted by Crippen LogP contribution is -2.22. The third kappa shape index (κ3) is 4.09. The first-order chi connectivity index (χ1) is 11.6. The van der Waals surface area contributed by atoms with Crippen LogP contribution < -0.4 is 5.32 Å². The fraction of sp³-hybridized carbons (Fsp3) is 0.133. The molecule has 3 rings (SSSR count). The molecular weight excluding hydrogens is 350 g/mol. The van der Waals surface area contributed by atoms with Crippen LogP contribution in [0.25, 0.3) is 11.5 Å². The van der Waals surface area contributed by atoms with Crippen molar-refractivity contribution in [3.05, 3.63) is 47.9 Å². The minimum atomic E-state index is -0.440. The summed E-state index contributed by atoms with van der Waals surface area (Å²) in [5.41, 5.74) is 0.722. The molecule has 7 nitrogen and oxygen atoms in total. The number of rotatable bonds is 5. The van der Waals surface area contributed by atoms with Gasteiger partial charge in [0.2, 0.25) is 11.8 Å². The van der Waals surface area contributed by atoms with Crippen molar-refractivity contribution in [3.8, 4) is 11.5 Å². The summed E-state index contributed by atoms with van der Waals surface area (Å²) in [5, 5.41) is 11.0. The number of anilines is 1. The third-order valence-corrected chi connectivity index (χ3v) is 4.10. The Morgan fingerprint density at radius 2 is 2.17 bits per heavy atom. The van der Waals surface area contributed by atoms with Gasteiger partial charge in [0, 0.05) is 18.6 Å². The van der Waals surface area contributed by atoms with Crippen LogP contribution in [0.4, 0.5) is 5.82 Å². The molecule has 0 bridgehead atoms. The Balaban J connectivity index is 1.62. The maximum atomic E-state index is 12.2. The van der Waals surface area contributed by atoms with Crippen LogP contribution in [0.2, 0.25) is 5.02 Å². The Morgan fingerprint density at radius 1 is 1.29 bits per heavy atom. The van der Waals surface area contributed by atoms with Gasteiger partial charge in [-0.15, -0.1) is 10.2 Å². The van der Waals surface area contributed by atoms with Gasteiger partial charge in [-0.1, -0.05) is 23.4 Å². The number of hydrogen-bond acceptors (Lipinski definition) is 7. The van der Waals surface area contributed by atoms with Crippen molar-refractivity contribution in [1.29, 1.82) is 0 Å².